The van der Waals surface area contributed by atoms with Gasteiger partial charge in [0.2, 0.25) is 0 Å². The Bertz CT molecular complexity index is 2280. The zero-order chi connectivity index (χ0) is 40.2. The summed E-state index contributed by atoms with van der Waals surface area (Å²) in [5, 5.41) is 22.6. The number of para-hydroxylation sites is 2. The van der Waals surface area contributed by atoms with Gasteiger partial charge in [0.05, 0.1) is 36.7 Å². The summed E-state index contributed by atoms with van der Waals surface area (Å²) in [6.45, 7) is 8.10. The van der Waals surface area contributed by atoms with Crippen LogP contribution in [-0.2, 0) is 26.5 Å². The summed E-state index contributed by atoms with van der Waals surface area (Å²) >= 11 is 0. The van der Waals surface area contributed by atoms with E-state index in [0.29, 0.717) is 55.1 Å². The van der Waals surface area contributed by atoms with Gasteiger partial charge in [-0.1, -0.05) is 78.9 Å². The van der Waals surface area contributed by atoms with E-state index < -0.39 is 31.5 Å². The summed E-state index contributed by atoms with van der Waals surface area (Å²) in [6, 6.07) is 35.4. The molecule has 4 aliphatic rings. The van der Waals surface area contributed by atoms with E-state index in [1.807, 2.05) is 128 Å². The third-order valence-electron chi connectivity index (χ3n) is 13.1. The standard InChI is InChI=1S/C45H51N7O5Si/c1-31-41(58(2,3)56)40(21-26-49-28-38(47-48-49)36(29-53)32-13-7-4-8-14-32)57-45(31)37-27-35(19-20-39(37)52(43(45)55)34-17-11-6-12-18-34)50-30-51(33-15-9-5-10-16-33)44(42(50)54)22-24-46-25-23-44/h4-20,27-28,31,36,40-41,46,53,56H,21-26,29-30H2,1-3H3/t31-,36?,40+,41-,45+/m0/s1. The Hall–Kier alpha value is -5.18. The van der Waals surface area contributed by atoms with Gasteiger partial charge in [-0.3, -0.25) is 24.1 Å². The van der Waals surface area contributed by atoms with Gasteiger partial charge in [0.1, 0.15) is 5.54 Å². The number of rotatable bonds is 10. The second-order valence-corrected chi connectivity index (χ2v) is 20.8. The van der Waals surface area contributed by atoms with Gasteiger partial charge in [0.15, 0.2) is 13.9 Å². The van der Waals surface area contributed by atoms with Gasteiger partial charge in [-0.05, 0) is 93.5 Å². The SMILES string of the molecule is C[C@H]1[C@H]([Si](C)(C)O)[C@@H](CCn2cc(C(CO)c3ccccc3)nn2)O[C@]12C(=O)N(c1ccccc1)c1ccc(N3CN(c4ccccc4)C4(CCNCC4)C3=O)cc12. The second-order valence-electron chi connectivity index (χ2n) is 16.8. The van der Waals surface area contributed by atoms with Crippen molar-refractivity contribution in [3.8, 4) is 0 Å². The number of ether oxygens (including phenoxy) is 1. The molecule has 1 aromatic heterocycles. The van der Waals surface area contributed by atoms with E-state index in [4.69, 9.17) is 4.74 Å². The van der Waals surface area contributed by atoms with Crippen molar-refractivity contribution < 1.29 is 24.2 Å². The number of aromatic nitrogens is 3. The van der Waals surface area contributed by atoms with Crippen LogP contribution in [-0.4, -0.2) is 83.0 Å². The predicted octanol–water partition coefficient (Wildman–Crippen LogP) is 5.90. The third-order valence-corrected chi connectivity index (χ3v) is 15.6. The number of carbonyl (C=O) groups excluding carboxylic acids is 2. The third kappa shape index (κ3) is 6.18. The van der Waals surface area contributed by atoms with Crippen molar-refractivity contribution in [3.63, 3.8) is 0 Å². The highest BCUT2D eigenvalue weighted by atomic mass is 28.4. The van der Waals surface area contributed by atoms with Crippen LogP contribution in [0.15, 0.2) is 115 Å². The topological polar surface area (TPSA) is 136 Å². The fraction of sp³-hybridized carbons (Fsp3) is 0.378. The van der Waals surface area contributed by atoms with Gasteiger partial charge in [-0.15, -0.1) is 5.10 Å². The number of nitrogens with one attached hydrogen (secondary N) is 1. The van der Waals surface area contributed by atoms with Crippen LogP contribution >= 0.6 is 0 Å². The first kappa shape index (κ1) is 38.3. The maximum atomic E-state index is 15.3. The number of fused-ring (bicyclic) bond motifs is 2. The van der Waals surface area contributed by atoms with Crippen LogP contribution in [0.3, 0.4) is 0 Å². The molecule has 5 heterocycles. The normalized spacial score (nSPS) is 24.6. The molecule has 4 aliphatic heterocycles. The zero-order valence-electron chi connectivity index (χ0n) is 33.2. The molecular weight excluding hydrogens is 747 g/mol. The van der Waals surface area contributed by atoms with Crippen molar-refractivity contribution in [1.29, 1.82) is 0 Å². The molecule has 0 aliphatic carbocycles. The first-order valence-electron chi connectivity index (χ1n) is 20.4. The number of piperidine rings is 1. The van der Waals surface area contributed by atoms with E-state index in [-0.39, 0.29) is 29.9 Å². The minimum atomic E-state index is -2.97. The van der Waals surface area contributed by atoms with Crippen molar-refractivity contribution in [2.45, 2.75) is 74.5 Å². The summed E-state index contributed by atoms with van der Waals surface area (Å²) in [5.74, 6) is -0.850. The van der Waals surface area contributed by atoms with Crippen molar-refractivity contribution in [1.82, 2.24) is 20.3 Å². The maximum Gasteiger partial charge on any atom is 0.268 e. The van der Waals surface area contributed by atoms with Crippen LogP contribution in [0.1, 0.15) is 48.9 Å². The fourth-order valence-corrected chi connectivity index (χ4v) is 12.9. The molecule has 5 atom stereocenters. The lowest BCUT2D eigenvalue weighted by Crippen LogP contribution is -2.55. The average Bonchev–Trinajstić information content (AvgIpc) is 3.97. The van der Waals surface area contributed by atoms with Crippen molar-refractivity contribution >= 4 is 42.9 Å². The first-order valence-corrected chi connectivity index (χ1v) is 23.4. The summed E-state index contributed by atoms with van der Waals surface area (Å²) in [7, 11) is -2.97. The quantitative estimate of drug-likeness (QED) is 0.148. The maximum absolute atomic E-state index is 15.3. The van der Waals surface area contributed by atoms with E-state index in [1.54, 1.807) is 9.58 Å². The van der Waals surface area contributed by atoms with Crippen LogP contribution in [0.25, 0.3) is 0 Å². The molecule has 3 N–H and O–H groups in total. The van der Waals surface area contributed by atoms with Gasteiger partial charge >= 0.3 is 0 Å². The number of nitrogens with zero attached hydrogens (tertiary/aromatic N) is 6. The summed E-state index contributed by atoms with van der Waals surface area (Å²) in [5.41, 5.74) is 3.07. The average molecular weight is 798 g/mol. The van der Waals surface area contributed by atoms with E-state index in [9.17, 15) is 14.7 Å². The van der Waals surface area contributed by atoms with E-state index in [0.717, 1.165) is 30.0 Å². The molecule has 3 fully saturated rings. The number of hydrogen-bond donors (Lipinski definition) is 3. The van der Waals surface area contributed by atoms with Crippen molar-refractivity contribution in [2.75, 3.05) is 41.1 Å². The number of benzene rings is 4. The molecule has 3 saturated heterocycles. The lowest BCUT2D eigenvalue weighted by atomic mass is 9.82. The molecule has 300 valence electrons. The Morgan fingerprint density at radius 2 is 1.53 bits per heavy atom. The number of anilines is 4. The molecule has 1 unspecified atom stereocenters. The Labute approximate surface area is 340 Å². The Morgan fingerprint density at radius 1 is 0.879 bits per heavy atom. The monoisotopic (exact) mass is 797 g/mol. The fourth-order valence-electron chi connectivity index (χ4n) is 10.3. The number of aliphatic hydroxyl groups is 1. The van der Waals surface area contributed by atoms with Gasteiger partial charge in [-0.25, -0.2) is 0 Å². The van der Waals surface area contributed by atoms with Crippen LogP contribution in [0, 0.1) is 5.92 Å². The van der Waals surface area contributed by atoms with E-state index >= 15 is 4.79 Å². The summed E-state index contributed by atoms with van der Waals surface area (Å²) in [4.78, 5) is 48.0. The smallest absolute Gasteiger partial charge is 0.268 e. The van der Waals surface area contributed by atoms with Crippen LogP contribution in [0.4, 0.5) is 22.7 Å². The minimum absolute atomic E-state index is 0.0547. The molecule has 0 radical (unpaired) electrons. The number of amides is 2. The molecule has 2 spiro atoms. The number of hydrogen-bond acceptors (Lipinski definition) is 9. The first-order chi connectivity index (χ1) is 28.1. The van der Waals surface area contributed by atoms with E-state index in [2.05, 4.69) is 32.7 Å². The van der Waals surface area contributed by atoms with Crippen LogP contribution < -0.4 is 20.0 Å². The summed E-state index contributed by atoms with van der Waals surface area (Å²) in [6.07, 6.45) is 3.23. The molecule has 5 aromatic rings. The van der Waals surface area contributed by atoms with Crippen molar-refractivity contribution in [3.05, 3.63) is 132 Å². The Kier molecular flexibility index (Phi) is 9.84. The molecular formula is C45H51N7O5Si. The molecule has 9 rings (SSSR count). The molecule has 4 aromatic carbocycles. The predicted molar refractivity (Wildman–Crippen MR) is 225 cm³/mol. The van der Waals surface area contributed by atoms with Crippen LogP contribution in [0.2, 0.25) is 18.6 Å². The van der Waals surface area contributed by atoms with Gasteiger partial charge in [-0.2, -0.15) is 0 Å². The molecule has 2 amide bonds. The summed E-state index contributed by atoms with van der Waals surface area (Å²) < 4.78 is 8.98. The Morgan fingerprint density at radius 3 is 2.19 bits per heavy atom. The number of aryl methyl sites for hydroxylation is 1. The number of aliphatic hydroxyl groups excluding tert-OH is 1. The lowest BCUT2D eigenvalue weighted by molar-refractivity contribution is -0.145. The lowest BCUT2D eigenvalue weighted by Gasteiger charge is -2.39. The highest BCUT2D eigenvalue weighted by Crippen LogP contribution is 2.61. The zero-order valence-corrected chi connectivity index (χ0v) is 34.2. The molecule has 12 nitrogen and oxygen atoms in total. The van der Waals surface area contributed by atoms with Crippen molar-refractivity contribution in [2.24, 2.45) is 5.92 Å². The van der Waals surface area contributed by atoms with Gasteiger partial charge < -0.3 is 24.9 Å². The van der Waals surface area contributed by atoms with Gasteiger partial charge in [0.25, 0.3) is 11.8 Å². The molecule has 13 heteroatoms. The van der Waals surface area contributed by atoms with Gasteiger partial charge in [0, 0.05) is 46.8 Å². The largest absolute Gasteiger partial charge is 0.432 e. The molecule has 0 saturated carbocycles. The highest BCUT2D eigenvalue weighted by Gasteiger charge is 2.66. The minimum Gasteiger partial charge on any atom is -0.432 e. The van der Waals surface area contributed by atoms with Crippen LogP contribution in [0.5, 0.6) is 0 Å². The van der Waals surface area contributed by atoms with E-state index in [1.165, 1.54) is 0 Å². The number of carbonyl (C=O) groups is 2. The Balaban J connectivity index is 1.09. The molecule has 0 bridgehead atoms. The second kappa shape index (κ2) is 14.9. The molecule has 58 heavy (non-hydrogen) atoms. The highest BCUT2D eigenvalue weighted by molar-refractivity contribution is 6.71.